The molecular formula is C18H12F3N3O2S. The highest BCUT2D eigenvalue weighted by atomic mass is 32.2. The summed E-state index contributed by atoms with van der Waals surface area (Å²) in [6, 6.07) is 10.6. The number of hydrogen-bond acceptors (Lipinski definition) is 5. The number of alkyl halides is 3. The van der Waals surface area contributed by atoms with Gasteiger partial charge < -0.3 is 0 Å². The van der Waals surface area contributed by atoms with Crippen LogP contribution in [0.25, 0.3) is 0 Å². The molecule has 0 bridgehead atoms. The number of amides is 2. The first-order valence-electron chi connectivity index (χ1n) is 7.80. The van der Waals surface area contributed by atoms with Crippen molar-refractivity contribution in [2.75, 3.05) is 4.90 Å². The highest BCUT2D eigenvalue weighted by Gasteiger charge is 2.42. The summed E-state index contributed by atoms with van der Waals surface area (Å²) in [5.74, 6) is -0.997. The third kappa shape index (κ3) is 3.66. The zero-order valence-corrected chi connectivity index (χ0v) is 14.8. The van der Waals surface area contributed by atoms with Crippen LogP contribution in [0.3, 0.4) is 0 Å². The predicted octanol–water partition coefficient (Wildman–Crippen LogP) is 3.70. The summed E-state index contributed by atoms with van der Waals surface area (Å²) in [6.45, 7) is 1.37. The largest absolute Gasteiger partial charge is 0.417 e. The van der Waals surface area contributed by atoms with E-state index in [1.54, 1.807) is 30.3 Å². The standard InChI is InChI=1S/C18H12F3N3O2S/c1-10-7-13(18(19,20)21)12(9-22)16(23-10)27-14-8-15(25)24(17(14)26)11-5-3-2-4-6-11/h2-7,14H,8H2,1H3/t14-/m0/s1. The maximum Gasteiger partial charge on any atom is 0.417 e. The second-order valence-corrected chi connectivity index (χ2v) is 7.01. The number of aromatic nitrogens is 1. The fourth-order valence-corrected chi connectivity index (χ4v) is 3.91. The van der Waals surface area contributed by atoms with Gasteiger partial charge in [-0.25, -0.2) is 9.88 Å². The fraction of sp³-hybridized carbons (Fsp3) is 0.222. The number of nitriles is 1. The van der Waals surface area contributed by atoms with Crippen molar-refractivity contribution in [1.29, 1.82) is 5.26 Å². The van der Waals surface area contributed by atoms with Gasteiger partial charge in [0.1, 0.15) is 11.1 Å². The average Bonchev–Trinajstić information content (AvgIpc) is 2.88. The zero-order chi connectivity index (χ0) is 19.8. The number of imide groups is 1. The molecule has 0 unspecified atom stereocenters. The maximum atomic E-state index is 13.2. The lowest BCUT2D eigenvalue weighted by atomic mass is 10.1. The van der Waals surface area contributed by atoms with E-state index in [9.17, 15) is 28.0 Å². The maximum absolute atomic E-state index is 13.2. The van der Waals surface area contributed by atoms with Crippen LogP contribution in [0.1, 0.15) is 23.2 Å². The van der Waals surface area contributed by atoms with Crippen LogP contribution in [0.2, 0.25) is 0 Å². The molecule has 0 spiro atoms. The summed E-state index contributed by atoms with van der Waals surface area (Å²) >= 11 is 0.711. The minimum Gasteiger partial charge on any atom is -0.274 e. The number of aryl methyl sites for hydroxylation is 1. The Bertz CT molecular complexity index is 955. The number of nitrogens with zero attached hydrogens (tertiary/aromatic N) is 3. The zero-order valence-electron chi connectivity index (χ0n) is 13.9. The van der Waals surface area contributed by atoms with Crippen LogP contribution in [0.5, 0.6) is 0 Å². The van der Waals surface area contributed by atoms with Gasteiger partial charge in [0.15, 0.2) is 0 Å². The van der Waals surface area contributed by atoms with Crippen LogP contribution >= 0.6 is 11.8 Å². The van der Waals surface area contributed by atoms with Crippen molar-refractivity contribution in [2.24, 2.45) is 0 Å². The molecule has 2 heterocycles. The minimum absolute atomic E-state index is 0.0699. The summed E-state index contributed by atoms with van der Waals surface area (Å²) < 4.78 is 39.6. The van der Waals surface area contributed by atoms with Gasteiger partial charge in [0, 0.05) is 12.1 Å². The first-order valence-corrected chi connectivity index (χ1v) is 8.67. The predicted molar refractivity (Wildman–Crippen MR) is 91.9 cm³/mol. The topological polar surface area (TPSA) is 74.1 Å². The quantitative estimate of drug-likeness (QED) is 0.746. The van der Waals surface area contributed by atoms with Crippen molar-refractivity contribution >= 4 is 29.3 Å². The Morgan fingerprint density at radius 2 is 1.93 bits per heavy atom. The smallest absolute Gasteiger partial charge is 0.274 e. The van der Waals surface area contributed by atoms with Crippen LogP contribution < -0.4 is 4.90 Å². The number of carbonyl (C=O) groups is 2. The first-order chi connectivity index (χ1) is 12.7. The number of para-hydroxylation sites is 1. The number of pyridine rings is 1. The minimum atomic E-state index is -4.72. The number of anilines is 1. The van der Waals surface area contributed by atoms with E-state index in [4.69, 9.17) is 0 Å². The number of benzene rings is 1. The molecule has 1 aromatic carbocycles. The Morgan fingerprint density at radius 3 is 2.52 bits per heavy atom. The van der Waals surface area contributed by atoms with E-state index >= 15 is 0 Å². The molecule has 1 atom stereocenters. The Labute approximate surface area is 156 Å². The molecule has 138 valence electrons. The molecule has 0 N–H and O–H groups in total. The second-order valence-electron chi connectivity index (χ2n) is 5.81. The molecule has 5 nitrogen and oxygen atoms in total. The third-order valence-electron chi connectivity index (χ3n) is 3.91. The monoisotopic (exact) mass is 391 g/mol. The summed E-state index contributed by atoms with van der Waals surface area (Å²) in [4.78, 5) is 29.9. The van der Waals surface area contributed by atoms with Gasteiger partial charge in [0.05, 0.1) is 22.1 Å². The highest BCUT2D eigenvalue weighted by Crippen LogP contribution is 2.39. The van der Waals surface area contributed by atoms with Gasteiger partial charge in [-0.3, -0.25) is 9.59 Å². The van der Waals surface area contributed by atoms with Crippen LogP contribution in [0, 0.1) is 18.3 Å². The van der Waals surface area contributed by atoms with Crippen molar-refractivity contribution in [3.05, 3.63) is 53.2 Å². The Balaban J connectivity index is 1.95. The van der Waals surface area contributed by atoms with E-state index in [0.717, 1.165) is 11.0 Å². The summed E-state index contributed by atoms with van der Waals surface area (Å²) in [6.07, 6.45) is -4.90. The molecule has 0 saturated carbocycles. The van der Waals surface area contributed by atoms with E-state index in [1.807, 2.05) is 0 Å². The number of rotatable bonds is 3. The molecule has 3 rings (SSSR count). The van der Waals surface area contributed by atoms with E-state index in [1.165, 1.54) is 13.0 Å². The molecule has 1 aromatic heterocycles. The van der Waals surface area contributed by atoms with Gasteiger partial charge in [-0.05, 0) is 25.1 Å². The van der Waals surface area contributed by atoms with E-state index in [2.05, 4.69) is 4.98 Å². The van der Waals surface area contributed by atoms with E-state index in [0.29, 0.717) is 17.4 Å². The van der Waals surface area contributed by atoms with Gasteiger partial charge in [0.2, 0.25) is 11.8 Å². The van der Waals surface area contributed by atoms with Crippen molar-refractivity contribution < 1.29 is 22.8 Å². The van der Waals surface area contributed by atoms with E-state index in [-0.39, 0.29) is 17.1 Å². The molecule has 9 heteroatoms. The van der Waals surface area contributed by atoms with Crippen molar-refractivity contribution in [2.45, 2.75) is 29.8 Å². The summed E-state index contributed by atoms with van der Waals surface area (Å²) in [5, 5.41) is 8.06. The molecule has 0 aliphatic carbocycles. The Kier molecular flexibility index (Phi) is 4.93. The third-order valence-corrected chi connectivity index (χ3v) is 5.08. The van der Waals surface area contributed by atoms with Crippen molar-refractivity contribution in [3.8, 4) is 6.07 Å². The molecule has 1 saturated heterocycles. The molecule has 1 aliphatic heterocycles. The van der Waals surface area contributed by atoms with Crippen molar-refractivity contribution in [3.63, 3.8) is 0 Å². The lowest BCUT2D eigenvalue weighted by Crippen LogP contribution is -2.31. The fourth-order valence-electron chi connectivity index (χ4n) is 2.74. The van der Waals surface area contributed by atoms with Gasteiger partial charge in [-0.1, -0.05) is 30.0 Å². The van der Waals surface area contributed by atoms with Gasteiger partial charge in [-0.15, -0.1) is 0 Å². The highest BCUT2D eigenvalue weighted by molar-refractivity contribution is 8.00. The van der Waals surface area contributed by atoms with Gasteiger partial charge in [-0.2, -0.15) is 18.4 Å². The molecule has 1 aliphatic rings. The normalized spacial score (nSPS) is 17.3. The van der Waals surface area contributed by atoms with E-state index < -0.39 is 34.4 Å². The number of hydrogen-bond donors (Lipinski definition) is 0. The lowest BCUT2D eigenvalue weighted by molar-refractivity contribution is -0.138. The second kappa shape index (κ2) is 7.04. The number of carbonyl (C=O) groups excluding carboxylic acids is 2. The lowest BCUT2D eigenvalue weighted by Gasteiger charge is -2.16. The van der Waals surface area contributed by atoms with Crippen LogP contribution in [-0.4, -0.2) is 22.0 Å². The van der Waals surface area contributed by atoms with Gasteiger partial charge >= 0.3 is 6.18 Å². The molecule has 2 aromatic rings. The number of halogens is 3. The average molecular weight is 391 g/mol. The molecular weight excluding hydrogens is 379 g/mol. The van der Waals surface area contributed by atoms with Crippen LogP contribution in [0.15, 0.2) is 41.4 Å². The molecule has 27 heavy (non-hydrogen) atoms. The van der Waals surface area contributed by atoms with Crippen molar-refractivity contribution in [1.82, 2.24) is 4.98 Å². The Hall–Kier alpha value is -2.86. The number of thioether (sulfide) groups is 1. The summed E-state index contributed by atoms with van der Waals surface area (Å²) in [7, 11) is 0. The SMILES string of the molecule is Cc1cc(C(F)(F)F)c(C#N)c(S[C@H]2CC(=O)N(c3ccccc3)C2=O)n1. The van der Waals surface area contributed by atoms with Gasteiger partial charge in [0.25, 0.3) is 0 Å². The molecule has 0 radical (unpaired) electrons. The van der Waals surface area contributed by atoms with Crippen LogP contribution in [0.4, 0.5) is 18.9 Å². The molecule has 1 fully saturated rings. The first kappa shape index (κ1) is 18.9. The van der Waals surface area contributed by atoms with Crippen LogP contribution in [-0.2, 0) is 15.8 Å². The molecule has 2 amide bonds. The summed E-state index contributed by atoms with van der Waals surface area (Å²) in [5.41, 5.74) is -1.28. The Morgan fingerprint density at radius 1 is 1.26 bits per heavy atom.